The monoisotopic (exact) mass is 360 g/mol. The van der Waals surface area contributed by atoms with Crippen molar-refractivity contribution in [2.45, 2.75) is 13.8 Å². The maximum Gasteiger partial charge on any atom is 0.257 e. The number of fused-ring (bicyclic) bond motifs is 1. The number of aromatic nitrogens is 1. The van der Waals surface area contributed by atoms with Crippen molar-refractivity contribution in [2.75, 3.05) is 18.5 Å². The molecule has 0 radical (unpaired) electrons. The average molecular weight is 360 g/mol. The zero-order valence-corrected chi connectivity index (χ0v) is 15.3. The smallest absolute Gasteiger partial charge is 0.257 e. The molecule has 3 aromatic rings. The molecular weight excluding hydrogens is 340 g/mol. The van der Waals surface area contributed by atoms with E-state index in [2.05, 4.69) is 10.3 Å². The molecule has 1 N–H and O–H groups in total. The lowest BCUT2D eigenvalue weighted by atomic mass is 10.0. The van der Waals surface area contributed by atoms with Crippen LogP contribution in [0.15, 0.2) is 54.7 Å². The van der Waals surface area contributed by atoms with Crippen LogP contribution in [0.4, 0.5) is 5.82 Å². The first kappa shape index (κ1) is 17.1. The second-order valence-electron chi connectivity index (χ2n) is 6.51. The number of nitrogens with one attached hydrogen (secondary N) is 1. The van der Waals surface area contributed by atoms with Gasteiger partial charge < -0.3 is 14.8 Å². The number of nitrogens with zero attached hydrogens (tertiary/aromatic N) is 1. The van der Waals surface area contributed by atoms with Crippen LogP contribution in [0.5, 0.6) is 11.5 Å². The van der Waals surface area contributed by atoms with Crippen molar-refractivity contribution in [3.63, 3.8) is 0 Å². The van der Waals surface area contributed by atoms with E-state index >= 15 is 0 Å². The number of aryl methyl sites for hydroxylation is 2. The summed E-state index contributed by atoms with van der Waals surface area (Å²) in [5.74, 6) is 1.88. The molecule has 0 fully saturated rings. The van der Waals surface area contributed by atoms with E-state index in [0.717, 1.165) is 33.8 Å². The highest BCUT2D eigenvalue weighted by atomic mass is 16.6. The van der Waals surface area contributed by atoms with E-state index in [0.29, 0.717) is 24.6 Å². The molecule has 0 unspecified atom stereocenters. The summed E-state index contributed by atoms with van der Waals surface area (Å²) in [6.07, 6.45) is 1.76. The van der Waals surface area contributed by atoms with Crippen molar-refractivity contribution < 1.29 is 14.3 Å². The lowest BCUT2D eigenvalue weighted by Crippen LogP contribution is -2.15. The molecule has 2 aromatic carbocycles. The van der Waals surface area contributed by atoms with Crippen LogP contribution >= 0.6 is 0 Å². The molecule has 0 bridgehead atoms. The highest BCUT2D eigenvalue weighted by Crippen LogP contribution is 2.37. The van der Waals surface area contributed by atoms with Gasteiger partial charge in [0.15, 0.2) is 11.5 Å². The Kier molecular flexibility index (Phi) is 4.50. The molecule has 1 aliphatic rings. The third-order valence-electron chi connectivity index (χ3n) is 4.59. The normalized spacial score (nSPS) is 12.5. The van der Waals surface area contributed by atoms with Gasteiger partial charge in [0, 0.05) is 17.3 Å². The van der Waals surface area contributed by atoms with E-state index in [1.807, 2.05) is 56.3 Å². The second kappa shape index (κ2) is 7.11. The van der Waals surface area contributed by atoms with Crippen molar-refractivity contribution in [1.82, 2.24) is 4.98 Å². The predicted octanol–water partition coefficient (Wildman–Crippen LogP) is 4.39. The molecule has 1 aliphatic heterocycles. The first-order valence-corrected chi connectivity index (χ1v) is 8.85. The van der Waals surface area contributed by atoms with E-state index in [-0.39, 0.29) is 5.91 Å². The van der Waals surface area contributed by atoms with E-state index in [9.17, 15) is 4.79 Å². The van der Waals surface area contributed by atoms with Gasteiger partial charge in [-0.25, -0.2) is 4.98 Å². The Labute approximate surface area is 158 Å². The fraction of sp³-hybridized carbons (Fsp3) is 0.182. The number of hydrogen-bond donors (Lipinski definition) is 1. The van der Waals surface area contributed by atoms with Gasteiger partial charge >= 0.3 is 0 Å². The third kappa shape index (κ3) is 3.49. The number of amides is 1. The summed E-state index contributed by atoms with van der Waals surface area (Å²) in [5.41, 5.74) is 4.64. The Hall–Kier alpha value is -3.34. The number of hydrogen-bond acceptors (Lipinski definition) is 4. The van der Waals surface area contributed by atoms with Gasteiger partial charge in [-0.05, 0) is 60.9 Å². The van der Waals surface area contributed by atoms with Gasteiger partial charge in [0.05, 0.1) is 0 Å². The molecule has 5 heteroatoms. The predicted molar refractivity (Wildman–Crippen MR) is 105 cm³/mol. The summed E-state index contributed by atoms with van der Waals surface area (Å²) in [7, 11) is 0. The molecule has 27 heavy (non-hydrogen) atoms. The van der Waals surface area contributed by atoms with Gasteiger partial charge in [0.2, 0.25) is 0 Å². The molecular formula is C22H20N2O3. The third-order valence-corrected chi connectivity index (χ3v) is 4.59. The minimum absolute atomic E-state index is 0.163. The van der Waals surface area contributed by atoms with Crippen LogP contribution in [0, 0.1) is 13.8 Å². The number of rotatable bonds is 3. The molecule has 0 atom stereocenters. The summed E-state index contributed by atoms with van der Waals surface area (Å²) < 4.78 is 11.3. The highest BCUT2D eigenvalue weighted by molar-refractivity contribution is 6.04. The number of benzene rings is 2. The topological polar surface area (TPSA) is 60.5 Å². The number of anilines is 1. The molecule has 4 rings (SSSR count). The van der Waals surface area contributed by atoms with Crippen LogP contribution in [0.3, 0.4) is 0 Å². The fourth-order valence-corrected chi connectivity index (χ4v) is 3.14. The van der Waals surface area contributed by atoms with Gasteiger partial charge in [-0.1, -0.05) is 18.2 Å². The van der Waals surface area contributed by atoms with Crippen LogP contribution in [0.1, 0.15) is 21.5 Å². The lowest BCUT2D eigenvalue weighted by molar-refractivity contribution is 0.102. The van der Waals surface area contributed by atoms with Crippen LogP contribution < -0.4 is 14.8 Å². The molecule has 0 saturated heterocycles. The Bertz CT molecular complexity index is 997. The molecule has 0 spiro atoms. The van der Waals surface area contributed by atoms with E-state index in [1.165, 1.54) is 0 Å². The van der Waals surface area contributed by atoms with Crippen LogP contribution in [0.25, 0.3) is 11.1 Å². The van der Waals surface area contributed by atoms with Gasteiger partial charge in [0.1, 0.15) is 19.0 Å². The van der Waals surface area contributed by atoms with Gasteiger partial charge in [-0.2, -0.15) is 0 Å². The standard InChI is InChI=1S/C22H20N2O3/c1-14-5-3-4-6-17(14)22(25)24-21-8-7-16(13-23-21)18-12-20-19(11-15(18)2)26-9-10-27-20/h3-8,11-13H,9-10H2,1-2H3,(H,23,24,25). The highest BCUT2D eigenvalue weighted by Gasteiger charge is 2.15. The van der Waals surface area contributed by atoms with Crippen LogP contribution in [-0.2, 0) is 0 Å². The molecule has 2 heterocycles. The number of carbonyl (C=O) groups is 1. The zero-order valence-electron chi connectivity index (χ0n) is 15.3. The Morgan fingerprint density at radius 3 is 2.41 bits per heavy atom. The van der Waals surface area contributed by atoms with Gasteiger partial charge in [-0.3, -0.25) is 4.79 Å². The number of ether oxygens (including phenoxy) is 2. The SMILES string of the molecule is Cc1ccccc1C(=O)Nc1ccc(-c2cc3c(cc2C)OCCO3)cn1. The van der Waals surface area contributed by atoms with Gasteiger partial charge in [-0.15, -0.1) is 0 Å². The molecule has 5 nitrogen and oxygen atoms in total. The Morgan fingerprint density at radius 2 is 1.70 bits per heavy atom. The first-order valence-electron chi connectivity index (χ1n) is 8.85. The minimum Gasteiger partial charge on any atom is -0.486 e. The number of pyridine rings is 1. The van der Waals surface area contributed by atoms with Crippen molar-refractivity contribution in [1.29, 1.82) is 0 Å². The maximum atomic E-state index is 12.4. The fourth-order valence-electron chi connectivity index (χ4n) is 3.14. The van der Waals surface area contributed by atoms with Crippen molar-refractivity contribution in [3.05, 3.63) is 71.4 Å². The first-order chi connectivity index (χ1) is 13.1. The summed E-state index contributed by atoms with van der Waals surface area (Å²) in [6.45, 7) is 5.07. The lowest BCUT2D eigenvalue weighted by Gasteiger charge is -2.20. The average Bonchev–Trinajstić information content (AvgIpc) is 2.68. The molecule has 0 aliphatic carbocycles. The number of carbonyl (C=O) groups excluding carboxylic acids is 1. The van der Waals surface area contributed by atoms with E-state index < -0.39 is 0 Å². The second-order valence-corrected chi connectivity index (χ2v) is 6.51. The molecule has 1 aromatic heterocycles. The van der Waals surface area contributed by atoms with Gasteiger partial charge in [0.25, 0.3) is 5.91 Å². The summed E-state index contributed by atoms with van der Waals surface area (Å²) in [6, 6.07) is 15.2. The van der Waals surface area contributed by atoms with E-state index in [4.69, 9.17) is 9.47 Å². The largest absolute Gasteiger partial charge is 0.486 e. The Balaban J connectivity index is 1.56. The Morgan fingerprint density at radius 1 is 0.963 bits per heavy atom. The quantitative estimate of drug-likeness (QED) is 0.753. The van der Waals surface area contributed by atoms with E-state index in [1.54, 1.807) is 12.3 Å². The summed E-state index contributed by atoms with van der Waals surface area (Å²) >= 11 is 0. The van der Waals surface area contributed by atoms with Crippen LogP contribution in [0.2, 0.25) is 0 Å². The van der Waals surface area contributed by atoms with Crippen LogP contribution in [-0.4, -0.2) is 24.1 Å². The maximum absolute atomic E-state index is 12.4. The molecule has 0 saturated carbocycles. The van der Waals surface area contributed by atoms with Crippen molar-refractivity contribution in [3.8, 4) is 22.6 Å². The summed E-state index contributed by atoms with van der Waals surface area (Å²) in [4.78, 5) is 16.8. The molecule has 136 valence electrons. The zero-order chi connectivity index (χ0) is 18.8. The van der Waals surface area contributed by atoms with Crippen molar-refractivity contribution >= 4 is 11.7 Å². The molecule has 1 amide bonds. The minimum atomic E-state index is -0.163. The van der Waals surface area contributed by atoms with Crippen molar-refractivity contribution in [2.24, 2.45) is 0 Å². The summed E-state index contributed by atoms with van der Waals surface area (Å²) in [5, 5.41) is 2.85.